The summed E-state index contributed by atoms with van der Waals surface area (Å²) < 4.78 is 31.2. The number of benzene rings is 1. The van der Waals surface area contributed by atoms with E-state index in [1.807, 2.05) is 25.1 Å². The predicted octanol–water partition coefficient (Wildman–Crippen LogP) is 3.26. The molecule has 0 fully saturated rings. The zero-order chi connectivity index (χ0) is 16.7. The number of nitrogens with zero attached hydrogens (tertiary/aromatic N) is 1. The number of hydrogen-bond donors (Lipinski definition) is 1. The zero-order valence-corrected chi connectivity index (χ0v) is 14.1. The topological polar surface area (TPSA) is 85.4 Å². The molecule has 1 N–H and O–H groups in total. The Labute approximate surface area is 138 Å². The summed E-state index contributed by atoms with van der Waals surface area (Å²) in [7, 11) is -3.68. The molecule has 0 bridgehead atoms. The van der Waals surface area contributed by atoms with Crippen LogP contribution in [-0.4, -0.2) is 19.4 Å². The van der Waals surface area contributed by atoms with Gasteiger partial charge < -0.3 is 4.74 Å². The molecule has 8 heteroatoms. The van der Waals surface area contributed by atoms with Gasteiger partial charge in [-0.1, -0.05) is 37.3 Å². The Balaban J connectivity index is 1.99. The van der Waals surface area contributed by atoms with E-state index in [1.165, 1.54) is 11.5 Å². The fourth-order valence-electron chi connectivity index (χ4n) is 1.61. The number of rotatable bonds is 7. The first-order chi connectivity index (χ1) is 11.0. The molecule has 1 aromatic heterocycles. The van der Waals surface area contributed by atoms with Crippen molar-refractivity contribution in [2.45, 2.75) is 19.8 Å². The van der Waals surface area contributed by atoms with Gasteiger partial charge in [-0.25, -0.2) is 8.42 Å². The quantitative estimate of drug-likeness (QED) is 0.773. The Kier molecular flexibility index (Phi) is 5.89. The normalized spacial score (nSPS) is 11.5. The lowest BCUT2D eigenvalue weighted by atomic mass is 10.2. The molecule has 0 saturated carbocycles. The van der Waals surface area contributed by atoms with Gasteiger partial charge >= 0.3 is 5.97 Å². The van der Waals surface area contributed by atoms with Crippen molar-refractivity contribution in [2.24, 2.45) is 0 Å². The zero-order valence-electron chi connectivity index (χ0n) is 12.4. The maximum absolute atomic E-state index is 12.0. The number of sulfonamides is 1. The minimum Gasteiger partial charge on any atom is -0.406 e. The highest BCUT2D eigenvalue weighted by Gasteiger charge is 2.12. The molecule has 0 radical (unpaired) electrons. The van der Waals surface area contributed by atoms with Crippen molar-refractivity contribution in [3.05, 3.63) is 46.7 Å². The Bertz CT molecular complexity index is 783. The first-order valence-electron chi connectivity index (χ1n) is 6.90. The number of esters is 1. The first kappa shape index (κ1) is 17.2. The Morgan fingerprint density at radius 1 is 1.35 bits per heavy atom. The van der Waals surface area contributed by atoms with E-state index in [-0.39, 0.29) is 11.0 Å². The smallest absolute Gasteiger partial charge is 0.312 e. The number of aromatic nitrogens is 1. The van der Waals surface area contributed by atoms with Crippen LogP contribution in [0.1, 0.15) is 25.3 Å². The Morgan fingerprint density at radius 2 is 2.09 bits per heavy atom. The summed E-state index contributed by atoms with van der Waals surface area (Å²) in [5, 5.41) is 2.68. The van der Waals surface area contributed by atoms with E-state index in [9.17, 15) is 13.2 Å². The van der Waals surface area contributed by atoms with Crippen LogP contribution in [0.5, 0.6) is 5.88 Å². The van der Waals surface area contributed by atoms with E-state index in [0.29, 0.717) is 12.8 Å². The van der Waals surface area contributed by atoms with Crippen LogP contribution in [0.2, 0.25) is 0 Å². The molecule has 0 amide bonds. The minimum atomic E-state index is -3.68. The summed E-state index contributed by atoms with van der Waals surface area (Å²) in [5.41, 5.74) is 0.770. The van der Waals surface area contributed by atoms with E-state index in [2.05, 4.69) is 9.71 Å². The van der Waals surface area contributed by atoms with Crippen LogP contribution < -0.4 is 9.46 Å². The summed E-state index contributed by atoms with van der Waals surface area (Å²) in [5.74, 6) is -0.297. The van der Waals surface area contributed by atoms with Crippen molar-refractivity contribution in [1.29, 1.82) is 0 Å². The second-order valence-electron chi connectivity index (χ2n) is 4.58. The van der Waals surface area contributed by atoms with Crippen LogP contribution in [-0.2, 0) is 14.8 Å². The Morgan fingerprint density at radius 3 is 2.78 bits per heavy atom. The second kappa shape index (κ2) is 7.89. The van der Waals surface area contributed by atoms with Crippen LogP contribution in [0.4, 0.5) is 5.13 Å². The van der Waals surface area contributed by atoms with E-state index in [0.717, 1.165) is 22.3 Å². The molecule has 0 aliphatic carbocycles. The Hall–Kier alpha value is -2.19. The summed E-state index contributed by atoms with van der Waals surface area (Å²) in [6, 6.07) is 9.07. The minimum absolute atomic E-state index is 0.0955. The van der Waals surface area contributed by atoms with Crippen LogP contribution in [0.15, 0.2) is 41.1 Å². The molecule has 1 aromatic carbocycles. The number of nitrogens with one attached hydrogen (secondary N) is 1. The van der Waals surface area contributed by atoms with Crippen molar-refractivity contribution in [3.8, 4) is 5.88 Å². The van der Waals surface area contributed by atoms with Crippen LogP contribution >= 0.6 is 11.3 Å². The number of carbonyl (C=O) groups excluding carboxylic acids is 1. The van der Waals surface area contributed by atoms with Crippen LogP contribution in [0.25, 0.3) is 6.08 Å². The van der Waals surface area contributed by atoms with Crippen molar-refractivity contribution in [3.63, 3.8) is 0 Å². The monoisotopic (exact) mass is 352 g/mol. The third-order valence-corrected chi connectivity index (χ3v) is 4.46. The van der Waals surface area contributed by atoms with Crippen molar-refractivity contribution in [1.82, 2.24) is 4.98 Å². The van der Waals surface area contributed by atoms with Crippen LogP contribution in [0, 0.1) is 0 Å². The summed E-state index contributed by atoms with van der Waals surface area (Å²) in [4.78, 5) is 15.3. The number of hydrogen-bond acceptors (Lipinski definition) is 6. The first-order valence-corrected chi connectivity index (χ1v) is 9.33. The van der Waals surface area contributed by atoms with Gasteiger partial charge in [0.05, 0.1) is 10.8 Å². The molecular weight excluding hydrogens is 336 g/mol. The molecule has 0 aliphatic heterocycles. The molecule has 0 spiro atoms. The molecule has 6 nitrogen and oxygen atoms in total. The maximum atomic E-state index is 12.0. The number of ether oxygens (including phenoxy) is 1. The molecule has 0 saturated heterocycles. The number of anilines is 1. The van der Waals surface area contributed by atoms with Gasteiger partial charge in [-0.2, -0.15) is 4.98 Å². The fourth-order valence-corrected chi connectivity index (χ4v) is 3.30. The average Bonchev–Trinajstić information content (AvgIpc) is 2.93. The van der Waals surface area contributed by atoms with Gasteiger partial charge in [0, 0.05) is 6.42 Å². The van der Waals surface area contributed by atoms with Gasteiger partial charge in [-0.05, 0) is 18.1 Å². The average molecular weight is 352 g/mol. The molecule has 2 rings (SSSR count). The van der Waals surface area contributed by atoms with E-state index >= 15 is 0 Å². The van der Waals surface area contributed by atoms with Gasteiger partial charge in [0.15, 0.2) is 5.13 Å². The molecule has 0 unspecified atom stereocenters. The lowest BCUT2D eigenvalue weighted by Gasteiger charge is -2.00. The van der Waals surface area contributed by atoms with E-state index < -0.39 is 16.0 Å². The summed E-state index contributed by atoms with van der Waals surface area (Å²) >= 11 is 1.05. The van der Waals surface area contributed by atoms with E-state index in [1.54, 1.807) is 12.1 Å². The van der Waals surface area contributed by atoms with Gasteiger partial charge in [0.2, 0.25) is 5.88 Å². The highest BCUT2D eigenvalue weighted by atomic mass is 32.2. The largest absolute Gasteiger partial charge is 0.406 e. The predicted molar refractivity (Wildman–Crippen MR) is 90.7 cm³/mol. The molecule has 0 atom stereocenters. The van der Waals surface area contributed by atoms with Crippen LogP contribution in [0.3, 0.4) is 0 Å². The third-order valence-electron chi connectivity index (χ3n) is 2.62. The second-order valence-corrected chi connectivity index (χ2v) is 7.00. The summed E-state index contributed by atoms with van der Waals surface area (Å²) in [6.07, 6.45) is 2.45. The molecule has 2 aromatic rings. The van der Waals surface area contributed by atoms with Crippen molar-refractivity contribution in [2.75, 3.05) is 4.72 Å². The number of thiazole rings is 1. The molecule has 23 heavy (non-hydrogen) atoms. The fraction of sp³-hybridized carbons (Fsp3) is 0.200. The van der Waals surface area contributed by atoms with Crippen molar-refractivity contribution >= 4 is 38.5 Å². The lowest BCUT2D eigenvalue weighted by molar-refractivity contribution is -0.134. The van der Waals surface area contributed by atoms with Gasteiger partial charge in [0.25, 0.3) is 10.0 Å². The number of carbonyl (C=O) groups is 1. The lowest BCUT2D eigenvalue weighted by Crippen LogP contribution is -2.09. The van der Waals surface area contributed by atoms with Gasteiger partial charge in [-0.15, -0.1) is 11.3 Å². The summed E-state index contributed by atoms with van der Waals surface area (Å²) in [6.45, 7) is 1.86. The molecular formula is C15H16N2O4S2. The van der Waals surface area contributed by atoms with Gasteiger partial charge in [0.1, 0.15) is 0 Å². The molecule has 0 aliphatic rings. The van der Waals surface area contributed by atoms with E-state index in [4.69, 9.17) is 4.74 Å². The highest BCUT2D eigenvalue weighted by Crippen LogP contribution is 2.22. The van der Waals surface area contributed by atoms with Crippen molar-refractivity contribution < 1.29 is 17.9 Å². The molecule has 122 valence electrons. The third kappa shape index (κ3) is 5.84. The standard InChI is InChI=1S/C15H16N2O4S2/c1-2-6-14(18)21-13-11-22-15(16-13)17-23(19,20)10-9-12-7-4-3-5-8-12/h3-5,7-11H,2,6H2,1H3,(H,16,17). The maximum Gasteiger partial charge on any atom is 0.312 e. The SMILES string of the molecule is CCCC(=O)Oc1csc(NS(=O)(=O)C=Cc2ccccc2)n1. The molecule has 1 heterocycles. The highest BCUT2D eigenvalue weighted by molar-refractivity contribution is 7.95. The van der Waals surface area contributed by atoms with Gasteiger partial charge in [-0.3, -0.25) is 9.52 Å².